The molecule has 0 aliphatic carbocycles. The molecule has 1 unspecified atom stereocenters. The average molecular weight is 534 g/mol. The van der Waals surface area contributed by atoms with Crippen LogP contribution in [0.5, 0.6) is 0 Å². The lowest BCUT2D eigenvalue weighted by Gasteiger charge is -2.12. The number of benzene rings is 2. The number of carbonyl (C=O) groups excluding carboxylic acids is 1. The summed E-state index contributed by atoms with van der Waals surface area (Å²) in [6.45, 7) is 2.00. The number of carbonyl (C=O) groups is 1. The second-order valence-electron chi connectivity index (χ2n) is 8.38. The Kier molecular flexibility index (Phi) is 7.76. The molecule has 10 heteroatoms. The highest BCUT2D eigenvalue weighted by molar-refractivity contribution is 7.98. The number of halogens is 1. The third-order valence-electron chi connectivity index (χ3n) is 5.66. The first-order chi connectivity index (χ1) is 18.1. The van der Waals surface area contributed by atoms with Gasteiger partial charge in [-0.2, -0.15) is 0 Å². The van der Waals surface area contributed by atoms with E-state index < -0.39 is 5.82 Å². The summed E-state index contributed by atoms with van der Waals surface area (Å²) in [5.74, 6) is 0.749. The van der Waals surface area contributed by atoms with Crippen molar-refractivity contribution >= 4 is 29.0 Å². The third kappa shape index (κ3) is 5.98. The Hall–Kier alpha value is -3.76. The number of aryl methyl sites for hydroxylation is 1. The van der Waals surface area contributed by atoms with Crippen LogP contribution >= 0.6 is 23.1 Å². The molecule has 1 N–H and O–H groups in total. The Morgan fingerprint density at radius 1 is 1.11 bits per heavy atom. The monoisotopic (exact) mass is 533 g/mol. The van der Waals surface area contributed by atoms with E-state index in [9.17, 15) is 9.18 Å². The Bertz CT molecular complexity index is 1470. The molecular formula is C27H24FN5O2S2. The second kappa shape index (κ2) is 11.5. The zero-order chi connectivity index (χ0) is 25.6. The van der Waals surface area contributed by atoms with Gasteiger partial charge in [-0.3, -0.25) is 9.36 Å². The van der Waals surface area contributed by atoms with Crippen LogP contribution in [0.25, 0.3) is 17.3 Å². The Labute approximate surface area is 221 Å². The summed E-state index contributed by atoms with van der Waals surface area (Å²) in [6.07, 6.45) is 3.27. The van der Waals surface area contributed by atoms with Crippen LogP contribution in [-0.4, -0.2) is 31.7 Å². The number of aromatic nitrogens is 4. The van der Waals surface area contributed by atoms with E-state index >= 15 is 0 Å². The summed E-state index contributed by atoms with van der Waals surface area (Å²) in [4.78, 5) is 17.2. The van der Waals surface area contributed by atoms with Crippen LogP contribution in [0, 0.1) is 5.82 Å². The lowest BCUT2D eigenvalue weighted by atomic mass is 10.1. The highest BCUT2D eigenvalue weighted by Crippen LogP contribution is 2.31. The van der Waals surface area contributed by atoms with Gasteiger partial charge in [0, 0.05) is 11.4 Å². The van der Waals surface area contributed by atoms with E-state index in [4.69, 9.17) is 4.42 Å². The van der Waals surface area contributed by atoms with E-state index in [-0.39, 0.29) is 11.9 Å². The first kappa shape index (κ1) is 24.9. The first-order valence-corrected chi connectivity index (χ1v) is 13.6. The van der Waals surface area contributed by atoms with Crippen LogP contribution in [0.1, 0.15) is 34.4 Å². The zero-order valence-electron chi connectivity index (χ0n) is 20.0. The highest BCUT2D eigenvalue weighted by Gasteiger charge is 2.21. The van der Waals surface area contributed by atoms with Crippen LogP contribution in [0.2, 0.25) is 0 Å². The molecule has 5 rings (SSSR count). The van der Waals surface area contributed by atoms with Crippen molar-refractivity contribution in [2.24, 2.45) is 0 Å². The fourth-order valence-corrected chi connectivity index (χ4v) is 5.52. The van der Waals surface area contributed by atoms with Crippen molar-refractivity contribution in [2.75, 3.05) is 0 Å². The zero-order valence-corrected chi connectivity index (χ0v) is 21.6. The van der Waals surface area contributed by atoms with Crippen molar-refractivity contribution in [3.05, 3.63) is 100 Å². The lowest BCUT2D eigenvalue weighted by Crippen LogP contribution is -2.33. The quantitative estimate of drug-likeness (QED) is 0.216. The number of nitrogens with zero attached hydrogens (tertiary/aromatic N) is 4. The van der Waals surface area contributed by atoms with E-state index in [0.717, 1.165) is 17.8 Å². The number of para-hydroxylation sites is 1. The van der Waals surface area contributed by atoms with E-state index in [1.165, 1.54) is 41.0 Å². The van der Waals surface area contributed by atoms with Gasteiger partial charge in [-0.15, -0.1) is 21.5 Å². The van der Waals surface area contributed by atoms with Gasteiger partial charge >= 0.3 is 0 Å². The first-order valence-electron chi connectivity index (χ1n) is 11.7. The molecule has 0 radical (unpaired) electrons. The van der Waals surface area contributed by atoms with Crippen molar-refractivity contribution < 1.29 is 13.6 Å². The number of hydrogen-bond acceptors (Lipinski definition) is 7. The molecule has 0 aliphatic heterocycles. The number of hydrogen-bond donors (Lipinski definition) is 1. The maximum absolute atomic E-state index is 14.7. The van der Waals surface area contributed by atoms with Gasteiger partial charge in [0.25, 0.3) is 5.91 Å². The largest absolute Gasteiger partial charge is 0.461 e. The summed E-state index contributed by atoms with van der Waals surface area (Å²) in [5.41, 5.74) is 1.96. The van der Waals surface area contributed by atoms with Gasteiger partial charge in [0.2, 0.25) is 5.82 Å². The molecule has 0 spiro atoms. The topological polar surface area (TPSA) is 85.8 Å². The average Bonchev–Trinajstić information content (AvgIpc) is 3.68. The van der Waals surface area contributed by atoms with Gasteiger partial charge in [0.1, 0.15) is 16.5 Å². The van der Waals surface area contributed by atoms with Crippen LogP contribution in [0.3, 0.4) is 0 Å². The molecule has 37 heavy (non-hydrogen) atoms. The minimum atomic E-state index is -0.397. The number of thiazole rings is 1. The van der Waals surface area contributed by atoms with Gasteiger partial charge in [0.05, 0.1) is 17.7 Å². The van der Waals surface area contributed by atoms with Crippen molar-refractivity contribution in [1.82, 2.24) is 25.1 Å². The molecule has 0 fully saturated rings. The molecule has 188 valence electrons. The standard InChI is InChI=1S/C27H24FN5O2S2/c1-18(13-14-19-8-3-2-4-9-19)29-26(34)21-16-36-24(30-21)17-37-27-32-31-25(23-12-7-15-35-23)33(27)22-11-6-5-10-20(22)28/h2-12,15-16,18H,13-14,17H2,1H3,(H,29,34). The van der Waals surface area contributed by atoms with Crippen LogP contribution in [0.15, 0.2) is 87.9 Å². The number of furan rings is 1. The van der Waals surface area contributed by atoms with E-state index in [1.807, 2.05) is 25.1 Å². The number of rotatable bonds is 10. The Balaban J connectivity index is 1.25. The van der Waals surface area contributed by atoms with Crippen molar-refractivity contribution in [2.45, 2.75) is 36.7 Å². The summed E-state index contributed by atoms with van der Waals surface area (Å²) >= 11 is 2.76. The second-order valence-corrected chi connectivity index (χ2v) is 10.3. The van der Waals surface area contributed by atoms with Crippen molar-refractivity contribution in [3.8, 4) is 17.3 Å². The molecule has 0 bridgehead atoms. The third-order valence-corrected chi connectivity index (χ3v) is 7.64. The van der Waals surface area contributed by atoms with E-state index in [0.29, 0.717) is 33.9 Å². The maximum Gasteiger partial charge on any atom is 0.270 e. The molecule has 0 saturated heterocycles. The molecule has 3 heterocycles. The molecular weight excluding hydrogens is 509 g/mol. The normalized spacial score (nSPS) is 11.9. The molecule has 0 aliphatic rings. The molecule has 2 aromatic carbocycles. The fraction of sp³-hybridized carbons (Fsp3) is 0.185. The van der Waals surface area contributed by atoms with Gasteiger partial charge in [-0.1, -0.05) is 54.2 Å². The summed E-state index contributed by atoms with van der Waals surface area (Å²) in [5, 5.41) is 14.6. The minimum Gasteiger partial charge on any atom is -0.461 e. The van der Waals surface area contributed by atoms with Gasteiger partial charge < -0.3 is 9.73 Å². The van der Waals surface area contributed by atoms with Crippen molar-refractivity contribution in [3.63, 3.8) is 0 Å². The number of amides is 1. The van der Waals surface area contributed by atoms with Crippen molar-refractivity contribution in [1.29, 1.82) is 0 Å². The van der Waals surface area contributed by atoms with Crippen LogP contribution in [-0.2, 0) is 12.2 Å². The maximum atomic E-state index is 14.7. The SMILES string of the molecule is CC(CCc1ccccc1)NC(=O)c1csc(CSc2nnc(-c3ccco3)n2-c2ccccc2F)n1. The highest BCUT2D eigenvalue weighted by atomic mass is 32.2. The van der Waals surface area contributed by atoms with E-state index in [2.05, 4.69) is 32.6 Å². The van der Waals surface area contributed by atoms with E-state index in [1.54, 1.807) is 40.3 Å². The lowest BCUT2D eigenvalue weighted by molar-refractivity contribution is 0.0934. The molecule has 5 aromatic rings. The molecule has 7 nitrogen and oxygen atoms in total. The Morgan fingerprint density at radius 2 is 1.92 bits per heavy atom. The number of nitrogens with one attached hydrogen (secondary N) is 1. The van der Waals surface area contributed by atoms with Crippen LogP contribution in [0.4, 0.5) is 4.39 Å². The number of thioether (sulfide) groups is 1. The van der Waals surface area contributed by atoms with Gasteiger partial charge in [-0.25, -0.2) is 9.37 Å². The fourth-order valence-electron chi connectivity index (χ4n) is 3.78. The van der Waals surface area contributed by atoms with Gasteiger partial charge in [-0.05, 0) is 49.6 Å². The summed E-state index contributed by atoms with van der Waals surface area (Å²) in [6, 6.07) is 20.2. The molecule has 0 saturated carbocycles. The summed E-state index contributed by atoms with van der Waals surface area (Å²) < 4.78 is 21.8. The predicted octanol–water partition coefficient (Wildman–Crippen LogP) is 6.17. The predicted molar refractivity (Wildman–Crippen MR) is 142 cm³/mol. The van der Waals surface area contributed by atoms with Gasteiger partial charge in [0.15, 0.2) is 10.9 Å². The Morgan fingerprint density at radius 3 is 2.70 bits per heavy atom. The molecule has 3 aromatic heterocycles. The molecule has 1 atom stereocenters. The molecule has 1 amide bonds. The smallest absolute Gasteiger partial charge is 0.270 e. The summed E-state index contributed by atoms with van der Waals surface area (Å²) in [7, 11) is 0. The minimum absolute atomic E-state index is 0.0200. The van der Waals surface area contributed by atoms with Crippen LogP contribution < -0.4 is 5.32 Å².